The molecule has 2 heterocycles. The fourth-order valence-electron chi connectivity index (χ4n) is 1.93. The zero-order valence-electron chi connectivity index (χ0n) is 11.3. The highest BCUT2D eigenvalue weighted by molar-refractivity contribution is 7.80. The predicted molar refractivity (Wildman–Crippen MR) is 76.8 cm³/mol. The summed E-state index contributed by atoms with van der Waals surface area (Å²) in [7, 11) is 1.30. The van der Waals surface area contributed by atoms with Gasteiger partial charge >= 0.3 is 5.97 Å². The molecule has 2 N–H and O–H groups in total. The number of methoxy groups -OCH3 is 1. The van der Waals surface area contributed by atoms with Gasteiger partial charge in [-0.15, -0.1) is 0 Å². The molecule has 8 heteroatoms. The van der Waals surface area contributed by atoms with Gasteiger partial charge in [0.05, 0.1) is 20.3 Å². The minimum Gasteiger partial charge on any atom is -0.463 e. The fourth-order valence-corrected chi connectivity index (χ4v) is 2.07. The molecule has 0 spiro atoms. The summed E-state index contributed by atoms with van der Waals surface area (Å²) >= 11 is 4.95. The summed E-state index contributed by atoms with van der Waals surface area (Å²) in [5.41, 5.74) is 6.30. The molecule has 1 fully saturated rings. The molecular formula is C12H16N4O3S. The van der Waals surface area contributed by atoms with Crippen LogP contribution in [0, 0.1) is 6.92 Å². The van der Waals surface area contributed by atoms with Gasteiger partial charge in [-0.05, 0) is 6.92 Å². The number of anilines is 1. The maximum atomic E-state index is 11.5. The molecular weight excluding hydrogens is 280 g/mol. The number of hydrogen-bond donors (Lipinski definition) is 1. The van der Waals surface area contributed by atoms with Gasteiger partial charge in [0.25, 0.3) is 0 Å². The van der Waals surface area contributed by atoms with E-state index >= 15 is 0 Å². The van der Waals surface area contributed by atoms with E-state index in [1.54, 1.807) is 13.0 Å². The normalized spacial score (nSPS) is 18.7. The Kier molecular flexibility index (Phi) is 4.46. The predicted octanol–water partition coefficient (Wildman–Crippen LogP) is 0.0629. The summed E-state index contributed by atoms with van der Waals surface area (Å²) in [4.78, 5) is 22.1. The average Bonchev–Trinajstić information content (AvgIpc) is 2.45. The van der Waals surface area contributed by atoms with E-state index in [4.69, 9.17) is 22.7 Å². The summed E-state index contributed by atoms with van der Waals surface area (Å²) in [5.74, 6) is 0.123. The molecule has 1 aliphatic heterocycles. The lowest BCUT2D eigenvalue weighted by atomic mass is 10.2. The molecule has 1 aliphatic rings. The standard InChI is InChI=1S/C12H16N4O3S/c1-7-5-9(15-11(14-7)12(17)18-2)16-3-4-19-8(6-16)10(13)20/h5,8H,3-4,6H2,1-2H3,(H2,13,20). The van der Waals surface area contributed by atoms with E-state index in [-0.39, 0.29) is 11.9 Å². The van der Waals surface area contributed by atoms with Crippen LogP contribution in [0.2, 0.25) is 0 Å². The van der Waals surface area contributed by atoms with E-state index in [1.165, 1.54) is 7.11 Å². The minimum absolute atomic E-state index is 0.0425. The van der Waals surface area contributed by atoms with Crippen molar-refractivity contribution in [2.75, 3.05) is 31.7 Å². The van der Waals surface area contributed by atoms with Gasteiger partial charge in [-0.2, -0.15) is 0 Å². The first-order valence-electron chi connectivity index (χ1n) is 6.11. The van der Waals surface area contributed by atoms with Crippen LogP contribution in [0.5, 0.6) is 0 Å². The maximum absolute atomic E-state index is 11.5. The van der Waals surface area contributed by atoms with Gasteiger partial charge < -0.3 is 20.1 Å². The number of ether oxygens (including phenoxy) is 2. The van der Waals surface area contributed by atoms with Crippen LogP contribution >= 0.6 is 12.2 Å². The molecule has 0 saturated carbocycles. The third-order valence-electron chi connectivity index (χ3n) is 2.92. The second-order valence-electron chi connectivity index (χ2n) is 4.39. The summed E-state index contributed by atoms with van der Waals surface area (Å²) in [6.07, 6.45) is -0.310. The van der Waals surface area contributed by atoms with Crippen LogP contribution in [0.4, 0.5) is 5.82 Å². The summed E-state index contributed by atoms with van der Waals surface area (Å²) in [6.45, 7) is 3.45. The zero-order chi connectivity index (χ0) is 14.7. The van der Waals surface area contributed by atoms with Crippen molar-refractivity contribution < 1.29 is 14.3 Å². The SMILES string of the molecule is COC(=O)c1nc(C)cc(N2CCOC(C(N)=S)C2)n1. The smallest absolute Gasteiger partial charge is 0.376 e. The first kappa shape index (κ1) is 14.6. The van der Waals surface area contributed by atoms with Crippen molar-refractivity contribution >= 4 is 29.0 Å². The molecule has 0 bridgehead atoms. The average molecular weight is 296 g/mol. The van der Waals surface area contributed by atoms with Gasteiger partial charge in [0.1, 0.15) is 16.9 Å². The lowest BCUT2D eigenvalue weighted by Gasteiger charge is -2.33. The Morgan fingerprint density at radius 3 is 3.00 bits per heavy atom. The highest BCUT2D eigenvalue weighted by atomic mass is 32.1. The lowest BCUT2D eigenvalue weighted by Crippen LogP contribution is -2.48. The van der Waals surface area contributed by atoms with E-state index in [0.717, 1.165) is 0 Å². The third kappa shape index (κ3) is 3.20. The maximum Gasteiger partial charge on any atom is 0.376 e. The Labute approximate surface area is 122 Å². The van der Waals surface area contributed by atoms with E-state index in [0.29, 0.717) is 36.2 Å². The quantitative estimate of drug-likeness (QED) is 0.618. The minimum atomic E-state index is -0.561. The number of aryl methyl sites for hydroxylation is 1. The molecule has 1 aromatic rings. The molecule has 2 rings (SSSR count). The molecule has 1 unspecified atom stereocenters. The largest absolute Gasteiger partial charge is 0.463 e. The number of thiocarbonyl (C=S) groups is 1. The Morgan fingerprint density at radius 1 is 1.60 bits per heavy atom. The fraction of sp³-hybridized carbons (Fsp3) is 0.500. The lowest BCUT2D eigenvalue weighted by molar-refractivity contribution is 0.0586. The molecule has 0 radical (unpaired) electrons. The highest BCUT2D eigenvalue weighted by Crippen LogP contribution is 2.17. The van der Waals surface area contributed by atoms with Crippen molar-refractivity contribution in [1.82, 2.24) is 9.97 Å². The van der Waals surface area contributed by atoms with Crippen LogP contribution < -0.4 is 10.6 Å². The molecule has 1 aromatic heterocycles. The summed E-state index contributed by atoms with van der Waals surface area (Å²) in [6, 6.07) is 1.80. The Bertz CT molecular complexity index is 537. The van der Waals surface area contributed by atoms with Crippen molar-refractivity contribution in [2.45, 2.75) is 13.0 Å². The first-order chi connectivity index (χ1) is 9.51. The van der Waals surface area contributed by atoms with Crippen LogP contribution in [0.3, 0.4) is 0 Å². The number of carbonyl (C=O) groups is 1. The number of nitrogens with zero attached hydrogens (tertiary/aromatic N) is 3. The van der Waals surface area contributed by atoms with Crippen LogP contribution in [0.25, 0.3) is 0 Å². The van der Waals surface area contributed by atoms with E-state index in [1.807, 2.05) is 4.90 Å². The van der Waals surface area contributed by atoms with E-state index in [2.05, 4.69) is 14.7 Å². The molecule has 108 valence electrons. The van der Waals surface area contributed by atoms with Gasteiger partial charge in [-0.1, -0.05) is 12.2 Å². The first-order valence-corrected chi connectivity index (χ1v) is 6.52. The van der Waals surface area contributed by atoms with Crippen molar-refractivity contribution in [3.8, 4) is 0 Å². The molecule has 1 atom stereocenters. The molecule has 0 aliphatic carbocycles. The van der Waals surface area contributed by atoms with Crippen LogP contribution in [0.1, 0.15) is 16.3 Å². The van der Waals surface area contributed by atoms with Crippen molar-refractivity contribution in [1.29, 1.82) is 0 Å². The molecule has 1 saturated heterocycles. The van der Waals surface area contributed by atoms with Crippen molar-refractivity contribution in [3.63, 3.8) is 0 Å². The third-order valence-corrected chi connectivity index (χ3v) is 3.18. The number of rotatable bonds is 3. The highest BCUT2D eigenvalue weighted by Gasteiger charge is 2.24. The number of carbonyl (C=O) groups excluding carboxylic acids is 1. The number of morpholine rings is 1. The topological polar surface area (TPSA) is 90.6 Å². The number of esters is 1. The van der Waals surface area contributed by atoms with E-state index in [9.17, 15) is 4.79 Å². The Balaban J connectivity index is 2.25. The zero-order valence-corrected chi connectivity index (χ0v) is 12.1. The van der Waals surface area contributed by atoms with Gasteiger partial charge in [0.15, 0.2) is 0 Å². The molecule has 20 heavy (non-hydrogen) atoms. The Morgan fingerprint density at radius 2 is 2.35 bits per heavy atom. The number of aromatic nitrogens is 2. The van der Waals surface area contributed by atoms with E-state index < -0.39 is 5.97 Å². The second kappa shape index (κ2) is 6.10. The molecule has 7 nitrogen and oxygen atoms in total. The van der Waals surface area contributed by atoms with Gasteiger partial charge in [0, 0.05) is 18.3 Å². The summed E-state index contributed by atoms with van der Waals surface area (Å²) in [5, 5.41) is 0. The van der Waals surface area contributed by atoms with Crippen molar-refractivity contribution in [2.24, 2.45) is 5.73 Å². The molecule has 0 amide bonds. The Hall–Kier alpha value is -1.80. The van der Waals surface area contributed by atoms with Crippen molar-refractivity contribution in [3.05, 3.63) is 17.6 Å². The van der Waals surface area contributed by atoms with Gasteiger partial charge in [-0.25, -0.2) is 14.8 Å². The van der Waals surface area contributed by atoms with Gasteiger partial charge in [-0.3, -0.25) is 0 Å². The van der Waals surface area contributed by atoms with Crippen LogP contribution in [-0.2, 0) is 9.47 Å². The monoisotopic (exact) mass is 296 g/mol. The van der Waals surface area contributed by atoms with Gasteiger partial charge in [0.2, 0.25) is 5.82 Å². The molecule has 0 aromatic carbocycles. The number of nitrogens with two attached hydrogens (primary N) is 1. The second-order valence-corrected chi connectivity index (χ2v) is 4.86. The summed E-state index contributed by atoms with van der Waals surface area (Å²) < 4.78 is 10.1. The van der Waals surface area contributed by atoms with Crippen LogP contribution in [0.15, 0.2) is 6.07 Å². The number of hydrogen-bond acceptors (Lipinski definition) is 7. The van der Waals surface area contributed by atoms with Crippen LogP contribution in [-0.4, -0.2) is 53.8 Å².